The third kappa shape index (κ3) is 3.95. The molecule has 1 aliphatic carbocycles. The maximum absolute atomic E-state index is 11.9. The van der Waals surface area contributed by atoms with Crippen molar-refractivity contribution in [1.29, 1.82) is 0 Å². The summed E-state index contributed by atoms with van der Waals surface area (Å²) in [6.45, 7) is 4.48. The smallest absolute Gasteiger partial charge is 0.224 e. The van der Waals surface area contributed by atoms with Crippen molar-refractivity contribution in [3.8, 4) is 0 Å². The summed E-state index contributed by atoms with van der Waals surface area (Å²) in [5.74, 6) is 1.28. The molecular formula is C14H27N3O. The van der Waals surface area contributed by atoms with Gasteiger partial charge >= 0.3 is 0 Å². The third-order valence-electron chi connectivity index (χ3n) is 4.31. The molecule has 0 aromatic carbocycles. The minimum Gasteiger partial charge on any atom is -0.355 e. The first-order valence-corrected chi connectivity index (χ1v) is 7.49. The Labute approximate surface area is 110 Å². The van der Waals surface area contributed by atoms with Crippen LogP contribution in [0.25, 0.3) is 0 Å². The normalized spacial score (nSPS) is 26.4. The second kappa shape index (κ2) is 7.10. The molecule has 1 atom stereocenters. The van der Waals surface area contributed by atoms with Crippen molar-refractivity contribution < 1.29 is 4.79 Å². The molecule has 0 aromatic heterocycles. The van der Waals surface area contributed by atoms with E-state index < -0.39 is 0 Å². The number of nitrogens with zero attached hydrogens (tertiary/aromatic N) is 1. The van der Waals surface area contributed by atoms with Gasteiger partial charge in [0.25, 0.3) is 0 Å². The van der Waals surface area contributed by atoms with Crippen molar-refractivity contribution >= 4 is 5.91 Å². The highest BCUT2D eigenvalue weighted by Crippen LogP contribution is 2.27. The summed E-state index contributed by atoms with van der Waals surface area (Å²) in [5, 5.41) is 2.93. The summed E-state index contributed by atoms with van der Waals surface area (Å²) in [6.07, 6.45) is 7.78. The van der Waals surface area contributed by atoms with Crippen LogP contribution in [0.5, 0.6) is 0 Å². The van der Waals surface area contributed by atoms with Gasteiger partial charge in [0, 0.05) is 26.2 Å². The van der Waals surface area contributed by atoms with Crippen LogP contribution >= 0.6 is 0 Å². The Morgan fingerprint density at radius 3 is 2.72 bits per heavy atom. The van der Waals surface area contributed by atoms with Crippen molar-refractivity contribution in [3.63, 3.8) is 0 Å². The number of amides is 1. The van der Waals surface area contributed by atoms with Crippen LogP contribution in [0.1, 0.15) is 38.5 Å². The standard InChI is InChI=1S/C14H27N3O/c15-7-8-16-14(18)13-6-3-9-17(11-13)10-12-4-1-2-5-12/h12-13H,1-11,15H2,(H,16,18). The van der Waals surface area contributed by atoms with Gasteiger partial charge in [-0.3, -0.25) is 4.79 Å². The Bertz CT molecular complexity index is 264. The molecule has 1 aliphatic heterocycles. The molecule has 2 fully saturated rings. The number of likely N-dealkylation sites (tertiary alicyclic amines) is 1. The first kappa shape index (κ1) is 13.8. The van der Waals surface area contributed by atoms with Crippen LogP contribution in [0.4, 0.5) is 0 Å². The van der Waals surface area contributed by atoms with Gasteiger partial charge in [-0.05, 0) is 38.1 Å². The highest BCUT2D eigenvalue weighted by atomic mass is 16.1. The maximum Gasteiger partial charge on any atom is 0.224 e. The lowest BCUT2D eigenvalue weighted by atomic mass is 9.95. The summed E-state index contributed by atoms with van der Waals surface area (Å²) in [4.78, 5) is 14.5. The molecule has 1 unspecified atom stereocenters. The lowest BCUT2D eigenvalue weighted by Crippen LogP contribution is -2.45. The molecule has 2 aliphatic rings. The number of carbonyl (C=O) groups is 1. The van der Waals surface area contributed by atoms with Gasteiger partial charge in [-0.2, -0.15) is 0 Å². The van der Waals surface area contributed by atoms with E-state index >= 15 is 0 Å². The van der Waals surface area contributed by atoms with Crippen LogP contribution in [0.15, 0.2) is 0 Å². The van der Waals surface area contributed by atoms with Crippen LogP contribution in [0.3, 0.4) is 0 Å². The van der Waals surface area contributed by atoms with Gasteiger partial charge in [0.1, 0.15) is 0 Å². The zero-order chi connectivity index (χ0) is 12.8. The number of hydrogen-bond acceptors (Lipinski definition) is 3. The van der Waals surface area contributed by atoms with E-state index in [-0.39, 0.29) is 11.8 Å². The van der Waals surface area contributed by atoms with E-state index in [4.69, 9.17) is 5.73 Å². The van der Waals surface area contributed by atoms with Crippen LogP contribution in [0, 0.1) is 11.8 Å². The molecule has 1 saturated heterocycles. The fourth-order valence-electron chi connectivity index (χ4n) is 3.33. The van der Waals surface area contributed by atoms with E-state index in [1.807, 2.05) is 0 Å². The number of nitrogens with two attached hydrogens (primary N) is 1. The van der Waals surface area contributed by atoms with E-state index in [1.54, 1.807) is 0 Å². The summed E-state index contributed by atoms with van der Waals surface area (Å²) < 4.78 is 0. The average molecular weight is 253 g/mol. The molecule has 4 nitrogen and oxygen atoms in total. The van der Waals surface area contributed by atoms with E-state index in [0.717, 1.165) is 25.3 Å². The zero-order valence-electron chi connectivity index (χ0n) is 11.4. The number of nitrogens with one attached hydrogen (secondary N) is 1. The minimum absolute atomic E-state index is 0.187. The molecule has 4 heteroatoms. The highest BCUT2D eigenvalue weighted by molar-refractivity contribution is 5.78. The summed E-state index contributed by atoms with van der Waals surface area (Å²) in [7, 11) is 0. The quantitative estimate of drug-likeness (QED) is 0.767. The topological polar surface area (TPSA) is 58.4 Å². The fourth-order valence-corrected chi connectivity index (χ4v) is 3.33. The molecule has 1 amide bonds. The van der Waals surface area contributed by atoms with E-state index in [1.165, 1.54) is 38.8 Å². The second-order valence-corrected chi connectivity index (χ2v) is 5.83. The van der Waals surface area contributed by atoms with Crippen molar-refractivity contribution in [2.45, 2.75) is 38.5 Å². The second-order valence-electron chi connectivity index (χ2n) is 5.83. The van der Waals surface area contributed by atoms with Crippen LogP contribution in [-0.2, 0) is 4.79 Å². The Hall–Kier alpha value is -0.610. The van der Waals surface area contributed by atoms with Gasteiger partial charge in [0.05, 0.1) is 5.92 Å². The number of rotatable bonds is 5. The molecule has 0 aromatic rings. The van der Waals surface area contributed by atoms with Gasteiger partial charge in [0.15, 0.2) is 0 Å². The van der Waals surface area contributed by atoms with E-state index in [2.05, 4.69) is 10.2 Å². The van der Waals surface area contributed by atoms with Crippen molar-refractivity contribution in [3.05, 3.63) is 0 Å². The van der Waals surface area contributed by atoms with Crippen molar-refractivity contribution in [2.24, 2.45) is 17.6 Å². The molecule has 18 heavy (non-hydrogen) atoms. The number of hydrogen-bond donors (Lipinski definition) is 2. The predicted octanol–water partition coefficient (Wildman–Crippen LogP) is 0.963. The predicted molar refractivity (Wildman–Crippen MR) is 73.2 cm³/mol. The van der Waals surface area contributed by atoms with Crippen molar-refractivity contribution in [2.75, 3.05) is 32.7 Å². The Kier molecular flexibility index (Phi) is 5.45. The molecule has 0 bridgehead atoms. The molecule has 1 saturated carbocycles. The number of carbonyl (C=O) groups excluding carboxylic acids is 1. The monoisotopic (exact) mass is 253 g/mol. The van der Waals surface area contributed by atoms with Crippen LogP contribution < -0.4 is 11.1 Å². The van der Waals surface area contributed by atoms with E-state index in [0.29, 0.717) is 13.1 Å². The first-order valence-electron chi connectivity index (χ1n) is 7.49. The maximum atomic E-state index is 11.9. The SMILES string of the molecule is NCCNC(=O)C1CCCN(CC2CCCC2)C1. The summed E-state index contributed by atoms with van der Waals surface area (Å²) in [6, 6.07) is 0. The van der Waals surface area contributed by atoms with Crippen molar-refractivity contribution in [1.82, 2.24) is 10.2 Å². The summed E-state index contributed by atoms with van der Waals surface area (Å²) in [5.41, 5.74) is 5.42. The van der Waals surface area contributed by atoms with Gasteiger partial charge in [0.2, 0.25) is 5.91 Å². The van der Waals surface area contributed by atoms with Crippen LogP contribution in [-0.4, -0.2) is 43.5 Å². The average Bonchev–Trinajstić information content (AvgIpc) is 2.89. The van der Waals surface area contributed by atoms with Crippen LogP contribution in [0.2, 0.25) is 0 Å². The molecule has 1 heterocycles. The van der Waals surface area contributed by atoms with Gasteiger partial charge in [-0.1, -0.05) is 12.8 Å². The van der Waals surface area contributed by atoms with E-state index in [9.17, 15) is 4.79 Å². The number of piperidine rings is 1. The molecular weight excluding hydrogens is 226 g/mol. The lowest BCUT2D eigenvalue weighted by molar-refractivity contribution is -0.126. The molecule has 2 rings (SSSR count). The lowest BCUT2D eigenvalue weighted by Gasteiger charge is -2.33. The minimum atomic E-state index is 0.187. The molecule has 3 N–H and O–H groups in total. The third-order valence-corrected chi connectivity index (χ3v) is 4.31. The first-order chi connectivity index (χ1) is 8.79. The highest BCUT2D eigenvalue weighted by Gasteiger charge is 2.27. The van der Waals surface area contributed by atoms with Gasteiger partial charge in [-0.15, -0.1) is 0 Å². The Balaban J connectivity index is 1.74. The largest absolute Gasteiger partial charge is 0.355 e. The molecule has 0 radical (unpaired) electrons. The fraction of sp³-hybridized carbons (Fsp3) is 0.929. The summed E-state index contributed by atoms with van der Waals surface area (Å²) >= 11 is 0. The Morgan fingerprint density at radius 2 is 2.00 bits per heavy atom. The molecule has 0 spiro atoms. The van der Waals surface area contributed by atoms with Gasteiger partial charge in [-0.25, -0.2) is 0 Å². The van der Waals surface area contributed by atoms with Gasteiger partial charge < -0.3 is 16.0 Å². The Morgan fingerprint density at radius 1 is 1.22 bits per heavy atom. The zero-order valence-corrected chi connectivity index (χ0v) is 11.4. The molecule has 104 valence electrons.